The van der Waals surface area contributed by atoms with Crippen molar-refractivity contribution in [1.29, 1.82) is 0 Å². The Morgan fingerprint density at radius 3 is 2.69 bits per heavy atom. The minimum absolute atomic E-state index is 0.295. The first-order chi connectivity index (χ1) is 17.1. The Morgan fingerprint density at radius 2 is 1.74 bits per heavy atom. The monoisotopic (exact) mass is 458 g/mol. The zero-order chi connectivity index (χ0) is 23.1. The van der Waals surface area contributed by atoms with E-state index in [0.29, 0.717) is 5.41 Å². The second-order valence-corrected chi connectivity index (χ2v) is 13.7. The molecule has 9 aliphatic rings. The van der Waals surface area contributed by atoms with Crippen molar-refractivity contribution < 1.29 is 0 Å². The quantitative estimate of drug-likeness (QED) is 0.340. The lowest BCUT2D eigenvalue weighted by Gasteiger charge is -2.36. The molecule has 9 rings (SSSR count). The van der Waals surface area contributed by atoms with Gasteiger partial charge >= 0.3 is 0 Å². The molecule has 0 heteroatoms. The Balaban J connectivity index is 1.15. The predicted molar refractivity (Wildman–Crippen MR) is 143 cm³/mol. The highest BCUT2D eigenvalue weighted by Crippen LogP contribution is 2.67. The third-order valence-corrected chi connectivity index (χ3v) is 12.2. The zero-order valence-corrected chi connectivity index (χ0v) is 21.4. The van der Waals surface area contributed by atoms with Gasteiger partial charge in [0.25, 0.3) is 0 Å². The molecule has 0 aromatic rings. The van der Waals surface area contributed by atoms with E-state index in [2.05, 4.69) is 56.4 Å². The van der Waals surface area contributed by atoms with Crippen LogP contribution in [0.4, 0.5) is 0 Å². The summed E-state index contributed by atoms with van der Waals surface area (Å²) in [5, 5.41) is 0. The Kier molecular flexibility index (Phi) is 3.79. The summed E-state index contributed by atoms with van der Waals surface area (Å²) < 4.78 is 0. The minimum Gasteiger partial charge on any atom is -0.0836 e. The highest BCUT2D eigenvalue weighted by Gasteiger charge is 2.57. The molecule has 0 amide bonds. The number of fused-ring (bicyclic) bond motifs is 8. The Bertz CT molecular complexity index is 1320. The molecular formula is C35H38. The molecule has 0 radical (unpaired) electrons. The van der Waals surface area contributed by atoms with Gasteiger partial charge in [-0.15, -0.1) is 0 Å². The van der Waals surface area contributed by atoms with E-state index < -0.39 is 0 Å². The summed E-state index contributed by atoms with van der Waals surface area (Å²) in [6.07, 6.45) is 30.3. The highest BCUT2D eigenvalue weighted by atomic mass is 14.6. The fourth-order valence-corrected chi connectivity index (χ4v) is 10.8. The molecule has 35 heavy (non-hydrogen) atoms. The van der Waals surface area contributed by atoms with Crippen molar-refractivity contribution >= 4 is 0 Å². The second-order valence-electron chi connectivity index (χ2n) is 13.7. The maximum Gasteiger partial charge on any atom is -0.00665 e. The summed E-state index contributed by atoms with van der Waals surface area (Å²) in [6, 6.07) is 0. The van der Waals surface area contributed by atoms with Gasteiger partial charge in [0.05, 0.1) is 0 Å². The number of hydrogen-bond acceptors (Lipinski definition) is 0. The van der Waals surface area contributed by atoms with Gasteiger partial charge in [0.15, 0.2) is 0 Å². The van der Waals surface area contributed by atoms with Gasteiger partial charge in [0.1, 0.15) is 0 Å². The van der Waals surface area contributed by atoms with Gasteiger partial charge in [-0.3, -0.25) is 0 Å². The molecule has 2 fully saturated rings. The fraction of sp³-hybridized carbons (Fsp3) is 0.543. The van der Waals surface area contributed by atoms with Crippen LogP contribution in [0.3, 0.4) is 0 Å². The van der Waals surface area contributed by atoms with Crippen LogP contribution in [0.25, 0.3) is 0 Å². The molecule has 0 nitrogen and oxygen atoms in total. The number of rotatable bonds is 0. The topological polar surface area (TPSA) is 0 Å². The zero-order valence-electron chi connectivity index (χ0n) is 21.4. The van der Waals surface area contributed by atoms with E-state index in [1.165, 1.54) is 57.8 Å². The second kappa shape index (κ2) is 6.62. The first-order valence-electron chi connectivity index (χ1n) is 14.8. The SMILES string of the molecule is CC1(C)C2=CC3C4CCCC5=C4C(CC=C5)[C@@H]3C=C2C2CC3=C(CC21)C1=C2C3=CCCC2CC=C1. The highest BCUT2D eigenvalue weighted by molar-refractivity contribution is 5.71. The van der Waals surface area contributed by atoms with Crippen LogP contribution >= 0.6 is 0 Å². The van der Waals surface area contributed by atoms with Gasteiger partial charge in [-0.25, -0.2) is 0 Å². The van der Waals surface area contributed by atoms with Crippen LogP contribution in [0.15, 0.2) is 92.7 Å². The molecule has 178 valence electrons. The number of allylic oxidation sites excluding steroid dienone is 16. The molecule has 9 aliphatic carbocycles. The molecule has 0 N–H and O–H groups in total. The van der Waals surface area contributed by atoms with Crippen LogP contribution in [0.2, 0.25) is 0 Å². The van der Waals surface area contributed by atoms with Crippen LogP contribution in [0.1, 0.15) is 71.6 Å². The summed E-state index contributed by atoms with van der Waals surface area (Å²) in [5.74, 6) is 5.44. The molecule has 0 aliphatic heterocycles. The molecule has 0 bridgehead atoms. The van der Waals surface area contributed by atoms with E-state index in [0.717, 1.165) is 41.4 Å². The molecule has 0 heterocycles. The summed E-state index contributed by atoms with van der Waals surface area (Å²) in [4.78, 5) is 0. The lowest BCUT2D eigenvalue weighted by Crippen LogP contribution is -2.27. The van der Waals surface area contributed by atoms with E-state index in [-0.39, 0.29) is 0 Å². The van der Waals surface area contributed by atoms with Gasteiger partial charge in [0.2, 0.25) is 0 Å². The van der Waals surface area contributed by atoms with Gasteiger partial charge in [0, 0.05) is 0 Å². The minimum atomic E-state index is 0.295. The Morgan fingerprint density at radius 1 is 0.857 bits per heavy atom. The van der Waals surface area contributed by atoms with E-state index in [4.69, 9.17) is 0 Å². The van der Waals surface area contributed by atoms with Gasteiger partial charge < -0.3 is 0 Å². The van der Waals surface area contributed by atoms with E-state index in [1.807, 2.05) is 5.57 Å². The first-order valence-corrected chi connectivity index (χ1v) is 14.8. The van der Waals surface area contributed by atoms with Crippen molar-refractivity contribution in [2.45, 2.75) is 71.6 Å². The Hall–Kier alpha value is -2.08. The standard InChI is InChI=1S/C35H38/c1-35(2)31-17-27-23-13-5-9-19-7-3-11-21(33(19)23)25(27)15-29(31)30-16-26-22-12-4-8-20-10-6-14-24(34(20)22)28(26)18-32(30)35/h3,6-7,12,14-15,17,20-21,23,25,27,30,32H,4-5,8-11,13,16,18H2,1-2H3/t20?,21?,23?,25-,27?,30?,32?/m0/s1. The molecule has 2 saturated carbocycles. The normalized spacial score (nSPS) is 43.1. The smallest absolute Gasteiger partial charge is 0.00665 e. The molecule has 6 unspecified atom stereocenters. The third kappa shape index (κ3) is 2.37. The molecule has 0 aromatic carbocycles. The van der Waals surface area contributed by atoms with Crippen molar-refractivity contribution in [3.05, 3.63) is 92.7 Å². The molecule has 7 atom stereocenters. The van der Waals surface area contributed by atoms with Crippen LogP contribution in [0, 0.1) is 46.8 Å². The van der Waals surface area contributed by atoms with Crippen LogP contribution < -0.4 is 0 Å². The third-order valence-electron chi connectivity index (χ3n) is 12.2. The van der Waals surface area contributed by atoms with E-state index >= 15 is 0 Å². The average Bonchev–Trinajstić information content (AvgIpc) is 3.45. The van der Waals surface area contributed by atoms with Crippen LogP contribution in [0.5, 0.6) is 0 Å². The molecule has 0 saturated heterocycles. The van der Waals surface area contributed by atoms with E-state index in [1.54, 1.807) is 44.6 Å². The summed E-state index contributed by atoms with van der Waals surface area (Å²) in [5.41, 5.74) is 16.1. The van der Waals surface area contributed by atoms with Crippen molar-refractivity contribution in [1.82, 2.24) is 0 Å². The summed E-state index contributed by atoms with van der Waals surface area (Å²) in [7, 11) is 0. The van der Waals surface area contributed by atoms with E-state index in [9.17, 15) is 0 Å². The molecular weight excluding hydrogens is 420 g/mol. The first kappa shape index (κ1) is 20.0. The largest absolute Gasteiger partial charge is 0.0836 e. The van der Waals surface area contributed by atoms with Crippen LogP contribution in [-0.2, 0) is 0 Å². The van der Waals surface area contributed by atoms with Crippen molar-refractivity contribution in [2.75, 3.05) is 0 Å². The van der Waals surface area contributed by atoms with Crippen molar-refractivity contribution in [2.24, 2.45) is 46.8 Å². The van der Waals surface area contributed by atoms with Crippen molar-refractivity contribution in [3.63, 3.8) is 0 Å². The van der Waals surface area contributed by atoms with Gasteiger partial charge in [-0.2, -0.15) is 0 Å². The van der Waals surface area contributed by atoms with Crippen molar-refractivity contribution in [3.8, 4) is 0 Å². The average molecular weight is 459 g/mol. The molecule has 0 aromatic heterocycles. The lowest BCUT2D eigenvalue weighted by atomic mass is 9.68. The predicted octanol–water partition coefficient (Wildman–Crippen LogP) is 8.74. The van der Waals surface area contributed by atoms with Gasteiger partial charge in [-0.1, -0.05) is 62.0 Å². The van der Waals surface area contributed by atoms with Crippen LogP contribution in [-0.4, -0.2) is 0 Å². The maximum absolute atomic E-state index is 2.88. The Labute approximate surface area is 211 Å². The lowest BCUT2D eigenvalue weighted by molar-refractivity contribution is 0.236. The number of hydrogen-bond donors (Lipinski definition) is 0. The fourth-order valence-electron chi connectivity index (χ4n) is 10.8. The maximum atomic E-state index is 2.88. The van der Waals surface area contributed by atoms with Gasteiger partial charge in [-0.05, 0) is 149 Å². The molecule has 0 spiro atoms. The summed E-state index contributed by atoms with van der Waals surface area (Å²) in [6.45, 7) is 5.22. The summed E-state index contributed by atoms with van der Waals surface area (Å²) >= 11 is 0.